The van der Waals surface area contributed by atoms with E-state index < -0.39 is 0 Å². The topological polar surface area (TPSA) is 0 Å². The summed E-state index contributed by atoms with van der Waals surface area (Å²) in [5.41, 5.74) is 0. The van der Waals surface area contributed by atoms with E-state index in [9.17, 15) is 0 Å². The molecule has 72 valence electrons. The molecule has 1 heterocycles. The average Bonchev–Trinajstić information content (AvgIpc) is 2.56. The maximum Gasteiger partial charge on any atom is 0.0396 e. The van der Waals surface area contributed by atoms with Crippen molar-refractivity contribution in [1.82, 2.24) is 0 Å². The molecule has 0 spiro atoms. The largest absolute Gasteiger partial charge is 0.179 e. The van der Waals surface area contributed by atoms with Gasteiger partial charge in [0.2, 0.25) is 0 Å². The second-order valence-electron chi connectivity index (χ2n) is 2.85. The summed E-state index contributed by atoms with van der Waals surface area (Å²) in [6.07, 6.45) is 1.25. The molecule has 12 heavy (non-hydrogen) atoms. The molecule has 0 aromatic rings. The first kappa shape index (κ1) is 11.5. The fourth-order valence-electron chi connectivity index (χ4n) is 1.06. The molecule has 1 aliphatic heterocycles. The number of thiol groups is 1. The Morgan fingerprint density at radius 2 is 2.50 bits per heavy atom. The van der Waals surface area contributed by atoms with E-state index in [1.54, 1.807) is 0 Å². The van der Waals surface area contributed by atoms with E-state index in [2.05, 4.69) is 54.8 Å². The summed E-state index contributed by atoms with van der Waals surface area (Å²) in [5.74, 6) is 3.68. The van der Waals surface area contributed by atoms with Crippen molar-refractivity contribution < 1.29 is 0 Å². The molecule has 0 amide bonds. The van der Waals surface area contributed by atoms with Crippen LogP contribution in [0, 0.1) is 0 Å². The summed E-state index contributed by atoms with van der Waals surface area (Å²) in [7, 11) is 0. The molecule has 4 heteroatoms. The average molecular weight is 240 g/mol. The van der Waals surface area contributed by atoms with E-state index in [0.717, 1.165) is 16.3 Å². The van der Waals surface area contributed by atoms with Crippen LogP contribution in [0.25, 0.3) is 0 Å². The van der Waals surface area contributed by atoms with Crippen LogP contribution in [0.2, 0.25) is 0 Å². The molecule has 0 aromatic heterocycles. The number of hydrogen-bond donors (Lipinski definition) is 1. The predicted molar refractivity (Wildman–Crippen MR) is 69.1 cm³/mol. The zero-order valence-corrected chi connectivity index (χ0v) is 10.7. The van der Waals surface area contributed by atoms with Crippen molar-refractivity contribution in [2.24, 2.45) is 0 Å². The van der Waals surface area contributed by atoms with Gasteiger partial charge in [0.25, 0.3) is 0 Å². The molecule has 1 fully saturated rings. The van der Waals surface area contributed by atoms with Crippen LogP contribution in [0.1, 0.15) is 13.3 Å². The Labute approximate surface area is 93.8 Å². The Bertz CT molecular complexity index is 112. The van der Waals surface area contributed by atoms with Crippen LogP contribution < -0.4 is 0 Å². The van der Waals surface area contributed by atoms with Gasteiger partial charge in [-0.3, -0.25) is 0 Å². The number of thioether (sulfide) groups is 3. The number of hydrogen-bond acceptors (Lipinski definition) is 4. The summed E-state index contributed by atoms with van der Waals surface area (Å²) < 4.78 is 0. The molecule has 0 radical (unpaired) electrons. The second kappa shape index (κ2) is 6.80. The third-order valence-corrected chi connectivity index (χ3v) is 6.74. The maximum atomic E-state index is 4.21. The lowest BCUT2D eigenvalue weighted by Crippen LogP contribution is -2.16. The second-order valence-corrected chi connectivity index (χ2v) is 7.40. The van der Waals surface area contributed by atoms with Crippen LogP contribution in [0.4, 0.5) is 0 Å². The zero-order valence-electron chi connectivity index (χ0n) is 7.36. The first-order valence-corrected chi connectivity index (χ1v) is 8.15. The van der Waals surface area contributed by atoms with E-state index in [1.165, 1.54) is 23.0 Å². The van der Waals surface area contributed by atoms with Gasteiger partial charge in [-0.2, -0.15) is 24.4 Å². The first-order valence-electron chi connectivity index (χ1n) is 4.26. The Hall–Kier alpha value is 1.40. The van der Waals surface area contributed by atoms with Crippen molar-refractivity contribution in [3.05, 3.63) is 0 Å². The van der Waals surface area contributed by atoms with Crippen molar-refractivity contribution in [1.29, 1.82) is 0 Å². The molecule has 1 saturated heterocycles. The highest BCUT2D eigenvalue weighted by Crippen LogP contribution is 2.35. The summed E-state index contributed by atoms with van der Waals surface area (Å²) >= 11 is 10.5. The fourth-order valence-corrected chi connectivity index (χ4v) is 5.95. The third kappa shape index (κ3) is 4.07. The van der Waals surface area contributed by atoms with Crippen LogP contribution >= 0.6 is 47.9 Å². The van der Waals surface area contributed by atoms with E-state index >= 15 is 0 Å². The van der Waals surface area contributed by atoms with Crippen LogP contribution in [-0.2, 0) is 0 Å². The van der Waals surface area contributed by atoms with Crippen molar-refractivity contribution in [2.45, 2.75) is 23.8 Å². The van der Waals surface area contributed by atoms with Crippen LogP contribution in [0.3, 0.4) is 0 Å². The van der Waals surface area contributed by atoms with Gasteiger partial charge in [0, 0.05) is 21.3 Å². The lowest BCUT2D eigenvalue weighted by Gasteiger charge is -2.16. The lowest BCUT2D eigenvalue weighted by atomic mass is 10.4. The smallest absolute Gasteiger partial charge is 0.0396 e. The Morgan fingerprint density at radius 1 is 1.67 bits per heavy atom. The monoisotopic (exact) mass is 240 g/mol. The molecule has 0 saturated carbocycles. The van der Waals surface area contributed by atoms with E-state index in [-0.39, 0.29) is 0 Å². The molecule has 2 unspecified atom stereocenters. The van der Waals surface area contributed by atoms with E-state index in [1.807, 2.05) is 0 Å². The first-order chi connectivity index (χ1) is 5.84. The van der Waals surface area contributed by atoms with Gasteiger partial charge in [0.15, 0.2) is 0 Å². The highest BCUT2D eigenvalue weighted by Gasteiger charge is 2.22. The van der Waals surface area contributed by atoms with Crippen LogP contribution in [0.15, 0.2) is 0 Å². The Balaban J connectivity index is 2.05. The van der Waals surface area contributed by atoms with Crippen molar-refractivity contribution in [3.63, 3.8) is 0 Å². The van der Waals surface area contributed by atoms with Gasteiger partial charge in [-0.1, -0.05) is 6.92 Å². The third-order valence-electron chi connectivity index (χ3n) is 1.85. The Kier molecular flexibility index (Phi) is 6.50. The van der Waals surface area contributed by atoms with Crippen molar-refractivity contribution in [3.8, 4) is 0 Å². The summed E-state index contributed by atoms with van der Waals surface area (Å²) in [6.45, 7) is 2.37. The summed E-state index contributed by atoms with van der Waals surface area (Å²) in [4.78, 5) is 0. The summed E-state index contributed by atoms with van der Waals surface area (Å²) in [5, 5.41) is 3.05. The van der Waals surface area contributed by atoms with Gasteiger partial charge in [0.1, 0.15) is 0 Å². The highest BCUT2D eigenvalue weighted by atomic mass is 32.2. The molecule has 0 N–H and O–H groups in total. The standard InChI is InChI=1S/C8H16S4/c1-7(11-4-2-3-9)8-5-10-6-12-8/h7-9H,2-6H2,1H3. The molecule has 0 aromatic carbocycles. The Morgan fingerprint density at radius 3 is 3.08 bits per heavy atom. The highest BCUT2D eigenvalue weighted by molar-refractivity contribution is 8.20. The minimum Gasteiger partial charge on any atom is -0.179 e. The van der Waals surface area contributed by atoms with Crippen LogP contribution in [0.5, 0.6) is 0 Å². The zero-order chi connectivity index (χ0) is 8.81. The molecule has 1 aliphatic rings. The van der Waals surface area contributed by atoms with E-state index in [0.29, 0.717) is 0 Å². The van der Waals surface area contributed by atoms with Gasteiger partial charge >= 0.3 is 0 Å². The van der Waals surface area contributed by atoms with Crippen LogP contribution in [-0.4, -0.2) is 32.8 Å². The molecule has 0 nitrogen and oxygen atoms in total. The predicted octanol–water partition coefficient (Wildman–Crippen LogP) is 3.23. The SMILES string of the molecule is CC(SCCCS)C1CSCS1. The van der Waals surface area contributed by atoms with E-state index in [4.69, 9.17) is 0 Å². The van der Waals surface area contributed by atoms with Gasteiger partial charge < -0.3 is 0 Å². The maximum absolute atomic E-state index is 4.21. The van der Waals surface area contributed by atoms with Gasteiger partial charge in [-0.15, -0.1) is 23.5 Å². The minimum atomic E-state index is 0.838. The molecule has 1 rings (SSSR count). The quantitative estimate of drug-likeness (QED) is 0.579. The molecular formula is C8H16S4. The normalized spacial score (nSPS) is 26.0. The van der Waals surface area contributed by atoms with Crippen molar-refractivity contribution >= 4 is 47.9 Å². The minimum absolute atomic E-state index is 0.838. The lowest BCUT2D eigenvalue weighted by molar-refractivity contribution is 0.941. The number of rotatable bonds is 5. The van der Waals surface area contributed by atoms with Gasteiger partial charge in [-0.05, 0) is 17.9 Å². The van der Waals surface area contributed by atoms with Gasteiger partial charge in [-0.25, -0.2) is 0 Å². The summed E-state index contributed by atoms with van der Waals surface area (Å²) in [6, 6.07) is 0. The fraction of sp³-hybridized carbons (Fsp3) is 1.00. The molecular weight excluding hydrogens is 224 g/mol. The van der Waals surface area contributed by atoms with Crippen molar-refractivity contribution in [2.75, 3.05) is 22.3 Å². The molecule has 2 atom stereocenters. The van der Waals surface area contributed by atoms with Gasteiger partial charge in [0.05, 0.1) is 0 Å². The molecule has 0 bridgehead atoms. The molecule has 0 aliphatic carbocycles.